The normalized spacial score (nSPS) is 19.9. The number of aryl methyl sites for hydroxylation is 1. The molecule has 26 heavy (non-hydrogen) atoms. The molecule has 4 rings (SSSR count). The van der Waals surface area contributed by atoms with Crippen LogP contribution in [0.15, 0.2) is 51.8 Å². The van der Waals surface area contributed by atoms with Crippen molar-refractivity contribution in [2.75, 3.05) is 22.3 Å². The van der Waals surface area contributed by atoms with Crippen LogP contribution in [-0.4, -0.2) is 33.3 Å². The van der Waals surface area contributed by atoms with Crippen LogP contribution in [0.3, 0.4) is 0 Å². The van der Waals surface area contributed by atoms with Gasteiger partial charge in [-0.15, -0.1) is 0 Å². The lowest BCUT2D eigenvalue weighted by molar-refractivity contribution is -0.120. The first-order chi connectivity index (χ1) is 12.4. The number of benzene rings is 2. The van der Waals surface area contributed by atoms with Gasteiger partial charge in [0.1, 0.15) is 5.78 Å². The fraction of sp³-hybridized carbons (Fsp3) is 0.316. The minimum atomic E-state index is -3.71. The van der Waals surface area contributed by atoms with Crippen LogP contribution in [-0.2, 0) is 14.8 Å². The van der Waals surface area contributed by atoms with Crippen LogP contribution >= 0.6 is 15.9 Å². The van der Waals surface area contributed by atoms with Gasteiger partial charge in [0, 0.05) is 23.9 Å². The third kappa shape index (κ3) is 2.93. The van der Waals surface area contributed by atoms with Crippen molar-refractivity contribution in [2.24, 2.45) is 0 Å². The molecule has 1 saturated heterocycles. The quantitative estimate of drug-likeness (QED) is 0.725. The summed E-state index contributed by atoms with van der Waals surface area (Å²) in [4.78, 5) is 14.4. The van der Waals surface area contributed by atoms with E-state index in [9.17, 15) is 13.2 Å². The number of halogens is 1. The van der Waals surface area contributed by atoms with Crippen molar-refractivity contribution in [3.05, 3.63) is 52.5 Å². The van der Waals surface area contributed by atoms with Crippen LogP contribution in [0, 0.1) is 6.92 Å². The van der Waals surface area contributed by atoms with Crippen molar-refractivity contribution in [3.63, 3.8) is 0 Å². The predicted molar refractivity (Wildman–Crippen MR) is 105 cm³/mol. The van der Waals surface area contributed by atoms with Gasteiger partial charge in [-0.25, -0.2) is 8.42 Å². The van der Waals surface area contributed by atoms with E-state index in [1.807, 2.05) is 31.2 Å². The first-order valence-electron chi connectivity index (χ1n) is 8.53. The van der Waals surface area contributed by atoms with E-state index in [2.05, 4.69) is 20.8 Å². The summed E-state index contributed by atoms with van der Waals surface area (Å²) < 4.78 is 29.0. The Morgan fingerprint density at radius 3 is 2.69 bits per heavy atom. The molecule has 5 nitrogen and oxygen atoms in total. The SMILES string of the molecule is Cc1cccc(S(=O)(=O)N2C[C@@H]3CC(=O)CCN3c3ccc(Br)cc32)c1. The molecule has 2 aromatic rings. The summed E-state index contributed by atoms with van der Waals surface area (Å²) in [7, 11) is -3.71. The first kappa shape index (κ1) is 17.5. The minimum absolute atomic E-state index is 0.121. The highest BCUT2D eigenvalue weighted by Gasteiger charge is 2.39. The highest BCUT2D eigenvalue weighted by atomic mass is 79.9. The molecule has 0 aliphatic carbocycles. The maximum Gasteiger partial charge on any atom is 0.264 e. The van der Waals surface area contributed by atoms with Crippen LogP contribution in [0.5, 0.6) is 0 Å². The van der Waals surface area contributed by atoms with Crippen molar-refractivity contribution in [1.29, 1.82) is 0 Å². The van der Waals surface area contributed by atoms with Crippen LogP contribution in [0.2, 0.25) is 0 Å². The first-order valence-corrected chi connectivity index (χ1v) is 10.8. The lowest BCUT2D eigenvalue weighted by atomic mass is 9.97. The van der Waals surface area contributed by atoms with Gasteiger partial charge in [-0.1, -0.05) is 28.1 Å². The number of carbonyl (C=O) groups is 1. The van der Waals surface area contributed by atoms with Crippen molar-refractivity contribution >= 4 is 43.1 Å². The van der Waals surface area contributed by atoms with Gasteiger partial charge < -0.3 is 4.90 Å². The van der Waals surface area contributed by atoms with Gasteiger partial charge in [-0.3, -0.25) is 9.10 Å². The van der Waals surface area contributed by atoms with Gasteiger partial charge in [0.15, 0.2) is 0 Å². The third-order valence-electron chi connectivity index (χ3n) is 5.01. The van der Waals surface area contributed by atoms with Crippen molar-refractivity contribution in [1.82, 2.24) is 0 Å². The number of rotatable bonds is 2. The molecule has 0 spiro atoms. The molecule has 0 aromatic heterocycles. The highest BCUT2D eigenvalue weighted by molar-refractivity contribution is 9.10. The molecule has 2 aromatic carbocycles. The number of carbonyl (C=O) groups excluding carboxylic acids is 1. The highest BCUT2D eigenvalue weighted by Crippen LogP contribution is 2.42. The zero-order valence-corrected chi connectivity index (χ0v) is 16.8. The number of piperidine rings is 1. The Balaban J connectivity index is 1.85. The Bertz CT molecular complexity index is 990. The molecule has 0 N–H and O–H groups in total. The van der Waals surface area contributed by atoms with Crippen LogP contribution in [0.4, 0.5) is 11.4 Å². The fourth-order valence-corrected chi connectivity index (χ4v) is 5.71. The summed E-state index contributed by atoms with van der Waals surface area (Å²) in [5.74, 6) is 0.194. The largest absolute Gasteiger partial charge is 0.364 e. The van der Waals surface area contributed by atoms with Crippen LogP contribution < -0.4 is 9.21 Å². The zero-order chi connectivity index (χ0) is 18.5. The molecular formula is C19H19BrN2O3S. The molecule has 136 valence electrons. The van der Waals surface area contributed by atoms with E-state index in [0.29, 0.717) is 25.1 Å². The summed E-state index contributed by atoms with van der Waals surface area (Å²) in [5, 5.41) is 0. The molecule has 0 saturated carbocycles. The molecule has 7 heteroatoms. The smallest absolute Gasteiger partial charge is 0.264 e. The molecule has 0 amide bonds. The van der Waals surface area contributed by atoms with E-state index < -0.39 is 10.0 Å². The topological polar surface area (TPSA) is 57.7 Å². The average Bonchev–Trinajstić information content (AvgIpc) is 2.60. The van der Waals surface area contributed by atoms with Gasteiger partial charge in [0.05, 0.1) is 28.9 Å². The Hall–Kier alpha value is -1.86. The van der Waals surface area contributed by atoms with E-state index in [1.165, 1.54) is 4.31 Å². The Labute approximate surface area is 161 Å². The summed E-state index contributed by atoms with van der Waals surface area (Å²) in [6, 6.07) is 12.5. The molecule has 0 bridgehead atoms. The Kier molecular flexibility index (Phi) is 4.31. The predicted octanol–water partition coefficient (Wildman–Crippen LogP) is 3.50. The molecular weight excluding hydrogens is 416 g/mol. The van der Waals surface area contributed by atoms with E-state index in [-0.39, 0.29) is 23.3 Å². The number of anilines is 2. The number of nitrogens with zero attached hydrogens (tertiary/aromatic N) is 2. The van der Waals surface area contributed by atoms with E-state index in [1.54, 1.807) is 18.2 Å². The van der Waals surface area contributed by atoms with Gasteiger partial charge in [-0.2, -0.15) is 0 Å². The van der Waals surface area contributed by atoms with Gasteiger partial charge in [0.2, 0.25) is 0 Å². The maximum atomic E-state index is 13.4. The molecule has 1 fully saturated rings. The minimum Gasteiger partial charge on any atom is -0.364 e. The molecule has 1 atom stereocenters. The lowest BCUT2D eigenvalue weighted by Crippen LogP contribution is -2.54. The lowest BCUT2D eigenvalue weighted by Gasteiger charge is -2.45. The number of hydrogen-bond donors (Lipinski definition) is 0. The standard InChI is InChI=1S/C19H19BrN2O3S/c1-13-3-2-4-17(9-13)26(24,25)22-12-15-11-16(23)7-8-21(15)18-6-5-14(20)10-19(18)22/h2-6,9-10,15H,7-8,11-12H2,1H3/t15-/m0/s1. The number of sulfonamides is 1. The van der Waals surface area contributed by atoms with Crippen molar-refractivity contribution < 1.29 is 13.2 Å². The van der Waals surface area contributed by atoms with Gasteiger partial charge >= 0.3 is 0 Å². The molecule has 2 aliphatic heterocycles. The fourth-order valence-electron chi connectivity index (χ4n) is 3.74. The maximum absolute atomic E-state index is 13.4. The monoisotopic (exact) mass is 434 g/mol. The molecule has 0 unspecified atom stereocenters. The van der Waals surface area contributed by atoms with Crippen LogP contribution in [0.1, 0.15) is 18.4 Å². The van der Waals surface area contributed by atoms with Crippen molar-refractivity contribution in [2.45, 2.75) is 30.7 Å². The summed E-state index contributed by atoms with van der Waals surface area (Å²) in [6.07, 6.45) is 0.895. The Morgan fingerprint density at radius 2 is 1.92 bits per heavy atom. The third-order valence-corrected chi connectivity index (χ3v) is 7.27. The second kappa shape index (κ2) is 6.39. The van der Waals surface area contributed by atoms with Gasteiger partial charge in [0.25, 0.3) is 10.0 Å². The number of ketones is 1. The summed E-state index contributed by atoms with van der Waals surface area (Å²) in [5.41, 5.74) is 2.42. The molecule has 0 radical (unpaired) electrons. The second-order valence-corrected chi connectivity index (χ2v) is 9.60. The van der Waals surface area contributed by atoms with E-state index in [0.717, 1.165) is 15.7 Å². The number of Topliss-reactive ketones (excluding diaryl/α,β-unsaturated/α-hetero) is 1. The zero-order valence-electron chi connectivity index (χ0n) is 14.4. The second-order valence-electron chi connectivity index (χ2n) is 6.83. The number of fused-ring (bicyclic) bond motifs is 3. The van der Waals surface area contributed by atoms with Crippen LogP contribution in [0.25, 0.3) is 0 Å². The summed E-state index contributed by atoms with van der Waals surface area (Å²) in [6.45, 7) is 2.79. The molecule has 2 aliphatic rings. The summed E-state index contributed by atoms with van der Waals surface area (Å²) >= 11 is 3.46. The van der Waals surface area contributed by atoms with Gasteiger partial charge in [-0.05, 0) is 42.8 Å². The van der Waals surface area contributed by atoms with Crippen molar-refractivity contribution in [3.8, 4) is 0 Å². The number of hydrogen-bond acceptors (Lipinski definition) is 4. The average molecular weight is 435 g/mol. The van der Waals surface area contributed by atoms with E-state index >= 15 is 0 Å². The Morgan fingerprint density at radius 1 is 1.12 bits per heavy atom. The van der Waals surface area contributed by atoms with E-state index in [4.69, 9.17) is 0 Å². The molecule has 2 heterocycles.